The summed E-state index contributed by atoms with van der Waals surface area (Å²) in [4.78, 5) is 18.2. The van der Waals surface area contributed by atoms with Crippen LogP contribution in [-0.4, -0.2) is 41.1 Å². The fourth-order valence-electron chi connectivity index (χ4n) is 3.30. The lowest BCUT2D eigenvalue weighted by Gasteiger charge is -2.36. The van der Waals surface area contributed by atoms with E-state index < -0.39 is 0 Å². The summed E-state index contributed by atoms with van der Waals surface area (Å²) >= 11 is 0. The van der Waals surface area contributed by atoms with Crippen molar-refractivity contribution < 1.29 is 0 Å². The normalized spacial score (nSPS) is 14.3. The van der Waals surface area contributed by atoms with Gasteiger partial charge in [-0.3, -0.25) is 0 Å². The SMILES string of the molecule is Cc1cccc(Nc2nccc(N3CCN(c4ccccn4)CC3)n2)c1C. The Balaban J connectivity index is 1.45. The third-order valence-corrected chi connectivity index (χ3v) is 5.07. The highest BCUT2D eigenvalue weighted by Gasteiger charge is 2.19. The number of pyridine rings is 1. The zero-order valence-electron chi connectivity index (χ0n) is 15.8. The summed E-state index contributed by atoms with van der Waals surface area (Å²) in [5.74, 6) is 2.63. The van der Waals surface area contributed by atoms with Crippen LogP contribution < -0.4 is 15.1 Å². The van der Waals surface area contributed by atoms with Crippen molar-refractivity contribution in [2.75, 3.05) is 41.3 Å². The second-order valence-corrected chi connectivity index (χ2v) is 6.77. The number of aryl methyl sites for hydroxylation is 1. The molecule has 0 radical (unpaired) electrons. The highest BCUT2D eigenvalue weighted by molar-refractivity contribution is 5.61. The molecule has 27 heavy (non-hydrogen) atoms. The maximum Gasteiger partial charge on any atom is 0.229 e. The molecule has 3 heterocycles. The number of hydrogen-bond donors (Lipinski definition) is 1. The Morgan fingerprint density at radius 3 is 2.30 bits per heavy atom. The molecule has 6 heteroatoms. The fourth-order valence-corrected chi connectivity index (χ4v) is 3.30. The molecule has 138 valence electrons. The van der Waals surface area contributed by atoms with Crippen LogP contribution in [0, 0.1) is 13.8 Å². The van der Waals surface area contributed by atoms with Crippen molar-refractivity contribution in [2.24, 2.45) is 0 Å². The van der Waals surface area contributed by atoms with E-state index in [0.717, 1.165) is 43.5 Å². The van der Waals surface area contributed by atoms with Gasteiger partial charge in [0, 0.05) is 44.3 Å². The second-order valence-electron chi connectivity index (χ2n) is 6.77. The molecule has 6 nitrogen and oxygen atoms in total. The Labute approximate surface area is 159 Å². The molecule has 0 amide bonds. The van der Waals surface area contributed by atoms with Crippen molar-refractivity contribution in [3.63, 3.8) is 0 Å². The number of aromatic nitrogens is 3. The van der Waals surface area contributed by atoms with E-state index in [-0.39, 0.29) is 0 Å². The Hall–Kier alpha value is -3.15. The Bertz CT molecular complexity index is 904. The van der Waals surface area contributed by atoms with Crippen LogP contribution in [0.2, 0.25) is 0 Å². The van der Waals surface area contributed by atoms with E-state index in [1.807, 2.05) is 36.7 Å². The maximum absolute atomic E-state index is 4.73. The number of nitrogens with zero attached hydrogens (tertiary/aromatic N) is 5. The van der Waals surface area contributed by atoms with Crippen molar-refractivity contribution >= 4 is 23.3 Å². The third-order valence-electron chi connectivity index (χ3n) is 5.07. The summed E-state index contributed by atoms with van der Waals surface area (Å²) in [7, 11) is 0. The van der Waals surface area contributed by atoms with Gasteiger partial charge in [-0.05, 0) is 49.2 Å². The van der Waals surface area contributed by atoms with E-state index in [0.29, 0.717) is 5.95 Å². The lowest BCUT2D eigenvalue weighted by molar-refractivity contribution is 0.641. The predicted molar refractivity (Wildman–Crippen MR) is 110 cm³/mol. The number of rotatable bonds is 4. The molecular formula is C21H24N6. The minimum atomic E-state index is 0.633. The number of nitrogens with one attached hydrogen (secondary N) is 1. The van der Waals surface area contributed by atoms with Crippen molar-refractivity contribution in [3.05, 3.63) is 66.0 Å². The van der Waals surface area contributed by atoms with Crippen LogP contribution in [0.3, 0.4) is 0 Å². The van der Waals surface area contributed by atoms with Crippen LogP contribution in [0.25, 0.3) is 0 Å². The molecular weight excluding hydrogens is 336 g/mol. The Morgan fingerprint density at radius 2 is 1.56 bits per heavy atom. The largest absolute Gasteiger partial charge is 0.353 e. The molecule has 1 aromatic carbocycles. The molecule has 0 atom stereocenters. The maximum atomic E-state index is 4.73. The summed E-state index contributed by atoms with van der Waals surface area (Å²) in [5, 5.41) is 3.36. The lowest BCUT2D eigenvalue weighted by Crippen LogP contribution is -2.47. The van der Waals surface area contributed by atoms with Crippen molar-refractivity contribution in [1.29, 1.82) is 0 Å². The van der Waals surface area contributed by atoms with E-state index in [2.05, 4.69) is 57.1 Å². The lowest BCUT2D eigenvalue weighted by atomic mass is 10.1. The summed E-state index contributed by atoms with van der Waals surface area (Å²) in [6.07, 6.45) is 3.66. The van der Waals surface area contributed by atoms with Gasteiger partial charge in [0.05, 0.1) is 0 Å². The van der Waals surface area contributed by atoms with Crippen LogP contribution in [0.5, 0.6) is 0 Å². The number of benzene rings is 1. The molecule has 4 rings (SSSR count). The van der Waals surface area contributed by atoms with Gasteiger partial charge >= 0.3 is 0 Å². The van der Waals surface area contributed by atoms with Crippen molar-refractivity contribution in [3.8, 4) is 0 Å². The average Bonchev–Trinajstić information content (AvgIpc) is 2.72. The smallest absolute Gasteiger partial charge is 0.229 e. The van der Waals surface area contributed by atoms with Crippen LogP contribution in [-0.2, 0) is 0 Å². The van der Waals surface area contributed by atoms with Gasteiger partial charge in [-0.15, -0.1) is 0 Å². The molecule has 0 bridgehead atoms. The topological polar surface area (TPSA) is 57.2 Å². The van der Waals surface area contributed by atoms with Gasteiger partial charge in [0.2, 0.25) is 5.95 Å². The molecule has 1 fully saturated rings. The highest BCUT2D eigenvalue weighted by Crippen LogP contribution is 2.23. The second kappa shape index (κ2) is 7.61. The predicted octanol–water partition coefficient (Wildman–Crippen LogP) is 3.56. The first-order valence-electron chi connectivity index (χ1n) is 9.28. The minimum Gasteiger partial charge on any atom is -0.353 e. The molecule has 3 aromatic rings. The van der Waals surface area contributed by atoms with Crippen molar-refractivity contribution in [1.82, 2.24) is 15.0 Å². The first-order valence-corrected chi connectivity index (χ1v) is 9.28. The van der Waals surface area contributed by atoms with E-state index in [1.54, 1.807) is 0 Å². The van der Waals surface area contributed by atoms with E-state index in [4.69, 9.17) is 4.98 Å². The highest BCUT2D eigenvalue weighted by atomic mass is 15.3. The van der Waals surface area contributed by atoms with Gasteiger partial charge in [-0.2, -0.15) is 4.98 Å². The fraction of sp³-hybridized carbons (Fsp3) is 0.286. The number of piperazine rings is 1. The number of hydrogen-bond acceptors (Lipinski definition) is 6. The molecule has 0 unspecified atom stereocenters. The molecule has 2 aromatic heterocycles. The average molecular weight is 360 g/mol. The van der Waals surface area contributed by atoms with Crippen LogP contribution in [0.15, 0.2) is 54.9 Å². The third kappa shape index (κ3) is 3.84. The molecule has 1 aliphatic rings. The van der Waals surface area contributed by atoms with Gasteiger partial charge in [0.1, 0.15) is 11.6 Å². The minimum absolute atomic E-state index is 0.633. The first-order chi connectivity index (χ1) is 13.2. The summed E-state index contributed by atoms with van der Waals surface area (Å²) in [6, 6.07) is 14.2. The van der Waals surface area contributed by atoms with Crippen LogP contribution >= 0.6 is 0 Å². The van der Waals surface area contributed by atoms with E-state index in [1.165, 1.54) is 11.1 Å². The van der Waals surface area contributed by atoms with E-state index >= 15 is 0 Å². The van der Waals surface area contributed by atoms with Crippen LogP contribution in [0.4, 0.5) is 23.3 Å². The first kappa shape index (κ1) is 17.3. The van der Waals surface area contributed by atoms with Gasteiger partial charge in [0.15, 0.2) is 0 Å². The zero-order valence-corrected chi connectivity index (χ0v) is 15.8. The summed E-state index contributed by atoms with van der Waals surface area (Å²) in [6.45, 7) is 7.91. The van der Waals surface area contributed by atoms with Gasteiger partial charge in [-0.1, -0.05) is 18.2 Å². The monoisotopic (exact) mass is 360 g/mol. The molecule has 1 aliphatic heterocycles. The Morgan fingerprint density at radius 1 is 0.778 bits per heavy atom. The zero-order chi connectivity index (χ0) is 18.6. The number of anilines is 4. The molecule has 0 spiro atoms. The molecule has 1 saturated heterocycles. The summed E-state index contributed by atoms with van der Waals surface area (Å²) < 4.78 is 0. The summed E-state index contributed by atoms with van der Waals surface area (Å²) in [5.41, 5.74) is 3.52. The molecule has 1 N–H and O–H groups in total. The molecule has 0 saturated carbocycles. The standard InChI is InChI=1S/C21H24N6/c1-16-6-5-7-18(17(16)2)24-21-23-11-9-20(25-21)27-14-12-26(13-15-27)19-8-3-4-10-22-19/h3-11H,12-15H2,1-2H3,(H,23,24,25). The Kier molecular flexibility index (Phi) is 4.87. The van der Waals surface area contributed by atoms with Gasteiger partial charge in [-0.25, -0.2) is 9.97 Å². The van der Waals surface area contributed by atoms with Gasteiger partial charge in [0.25, 0.3) is 0 Å². The van der Waals surface area contributed by atoms with E-state index in [9.17, 15) is 0 Å². The van der Waals surface area contributed by atoms with Gasteiger partial charge < -0.3 is 15.1 Å². The van der Waals surface area contributed by atoms with Crippen molar-refractivity contribution in [2.45, 2.75) is 13.8 Å². The van der Waals surface area contributed by atoms with Crippen LogP contribution in [0.1, 0.15) is 11.1 Å². The quantitative estimate of drug-likeness (QED) is 0.768. The molecule has 0 aliphatic carbocycles.